The van der Waals surface area contributed by atoms with Crippen molar-refractivity contribution in [2.75, 3.05) is 19.7 Å². The molecule has 2 amide bonds. The van der Waals surface area contributed by atoms with Crippen molar-refractivity contribution in [3.8, 4) is 5.75 Å². The summed E-state index contributed by atoms with van der Waals surface area (Å²) in [6.07, 6.45) is -0.452. The van der Waals surface area contributed by atoms with Crippen LogP contribution >= 0.6 is 0 Å². The first-order chi connectivity index (χ1) is 15.6. The Hall–Kier alpha value is -2.95. The number of amides is 2. The van der Waals surface area contributed by atoms with Gasteiger partial charge < -0.3 is 9.47 Å². The average molecular weight is 476 g/mol. The number of hydrogen-bond donors (Lipinski definition) is 2. The van der Waals surface area contributed by atoms with Gasteiger partial charge in [-0.2, -0.15) is 4.31 Å². The Morgan fingerprint density at radius 2 is 1.76 bits per heavy atom. The predicted octanol–water partition coefficient (Wildman–Crippen LogP) is 1.94. The van der Waals surface area contributed by atoms with E-state index in [2.05, 4.69) is 10.9 Å². The molecule has 0 unspecified atom stereocenters. The van der Waals surface area contributed by atoms with Crippen LogP contribution in [0.5, 0.6) is 5.75 Å². The van der Waals surface area contributed by atoms with E-state index in [1.54, 1.807) is 0 Å². The number of hydrogen-bond acceptors (Lipinski definition) is 6. The fourth-order valence-electron chi connectivity index (χ4n) is 3.51. The van der Waals surface area contributed by atoms with Gasteiger partial charge in [0.15, 0.2) is 6.61 Å². The third-order valence-corrected chi connectivity index (χ3v) is 6.97. The Bertz CT molecular complexity index is 1120. The van der Waals surface area contributed by atoms with Gasteiger partial charge in [-0.1, -0.05) is 18.2 Å². The highest BCUT2D eigenvalue weighted by atomic mass is 32.2. The molecule has 2 N–H and O–H groups in total. The Morgan fingerprint density at radius 1 is 1.06 bits per heavy atom. The first-order valence-corrected chi connectivity index (χ1v) is 12.0. The lowest BCUT2D eigenvalue weighted by atomic mass is 10.1. The number of nitrogens with one attached hydrogen (secondary N) is 2. The average Bonchev–Trinajstić information content (AvgIpc) is 2.77. The lowest BCUT2D eigenvalue weighted by Crippen LogP contribution is -2.48. The number of benzene rings is 2. The van der Waals surface area contributed by atoms with Crippen molar-refractivity contribution in [1.29, 1.82) is 0 Å². The molecule has 10 heteroatoms. The van der Waals surface area contributed by atoms with Gasteiger partial charge >= 0.3 is 0 Å². The maximum absolute atomic E-state index is 13.0. The number of sulfonamides is 1. The molecule has 2 aromatic rings. The summed E-state index contributed by atoms with van der Waals surface area (Å²) in [5.41, 5.74) is 6.55. The number of morpholine rings is 1. The number of nitrogens with zero attached hydrogens (tertiary/aromatic N) is 1. The summed E-state index contributed by atoms with van der Waals surface area (Å²) in [6.45, 7) is 7.60. The topological polar surface area (TPSA) is 114 Å². The largest absolute Gasteiger partial charge is 0.483 e. The van der Waals surface area contributed by atoms with Crippen LogP contribution in [0.15, 0.2) is 47.4 Å². The molecule has 178 valence electrons. The van der Waals surface area contributed by atoms with Gasteiger partial charge in [-0.25, -0.2) is 8.42 Å². The normalized spacial score (nSPS) is 19.0. The summed E-state index contributed by atoms with van der Waals surface area (Å²) >= 11 is 0. The zero-order chi connectivity index (χ0) is 24.2. The van der Waals surface area contributed by atoms with E-state index in [-0.39, 0.29) is 42.4 Å². The van der Waals surface area contributed by atoms with Crippen LogP contribution < -0.4 is 15.6 Å². The SMILES string of the molecule is Cc1ccc(C)c(OCC(=O)NNC(=O)c2cccc(S(=O)(=O)N3C[C@@H](C)O[C@@H](C)C3)c2)c1. The Morgan fingerprint density at radius 3 is 2.45 bits per heavy atom. The van der Waals surface area contributed by atoms with Crippen LogP contribution in [0.2, 0.25) is 0 Å². The van der Waals surface area contributed by atoms with E-state index in [4.69, 9.17) is 9.47 Å². The van der Waals surface area contributed by atoms with Crippen molar-refractivity contribution in [2.24, 2.45) is 0 Å². The number of rotatable bonds is 6. The summed E-state index contributed by atoms with van der Waals surface area (Å²) < 4.78 is 38.6. The second-order valence-electron chi connectivity index (χ2n) is 8.17. The van der Waals surface area contributed by atoms with Gasteiger partial charge in [0.05, 0.1) is 17.1 Å². The van der Waals surface area contributed by atoms with Crippen LogP contribution in [0.1, 0.15) is 35.3 Å². The fraction of sp³-hybridized carbons (Fsp3) is 0.391. The van der Waals surface area contributed by atoms with E-state index in [1.165, 1.54) is 28.6 Å². The molecule has 1 fully saturated rings. The highest BCUT2D eigenvalue weighted by molar-refractivity contribution is 7.89. The van der Waals surface area contributed by atoms with Gasteiger partial charge in [0.2, 0.25) is 10.0 Å². The number of carbonyl (C=O) groups excluding carboxylic acids is 2. The number of carbonyl (C=O) groups is 2. The third kappa shape index (κ3) is 6.31. The molecule has 0 saturated carbocycles. The van der Waals surface area contributed by atoms with Gasteiger partial charge in [0.25, 0.3) is 11.8 Å². The van der Waals surface area contributed by atoms with Crippen molar-refractivity contribution in [1.82, 2.24) is 15.2 Å². The van der Waals surface area contributed by atoms with E-state index >= 15 is 0 Å². The zero-order valence-corrected chi connectivity index (χ0v) is 19.9. The van der Waals surface area contributed by atoms with E-state index in [0.29, 0.717) is 5.75 Å². The lowest BCUT2D eigenvalue weighted by Gasteiger charge is -2.34. The molecule has 0 bridgehead atoms. The number of aryl methyl sites for hydroxylation is 2. The lowest BCUT2D eigenvalue weighted by molar-refractivity contribution is -0.123. The highest BCUT2D eigenvalue weighted by Crippen LogP contribution is 2.22. The van der Waals surface area contributed by atoms with Gasteiger partial charge in [0.1, 0.15) is 5.75 Å². The van der Waals surface area contributed by atoms with Crippen molar-refractivity contribution in [3.05, 3.63) is 59.2 Å². The predicted molar refractivity (Wildman–Crippen MR) is 122 cm³/mol. The van der Waals surface area contributed by atoms with E-state index < -0.39 is 21.8 Å². The van der Waals surface area contributed by atoms with Crippen LogP contribution in [0.25, 0.3) is 0 Å². The van der Waals surface area contributed by atoms with E-state index in [0.717, 1.165) is 11.1 Å². The fourth-order valence-corrected chi connectivity index (χ4v) is 5.15. The van der Waals surface area contributed by atoms with Crippen LogP contribution in [-0.2, 0) is 19.6 Å². The third-order valence-electron chi connectivity index (χ3n) is 5.14. The molecule has 0 aromatic heterocycles. The first kappa shape index (κ1) is 24.7. The van der Waals surface area contributed by atoms with Crippen LogP contribution in [0.4, 0.5) is 0 Å². The Balaban J connectivity index is 1.60. The monoisotopic (exact) mass is 475 g/mol. The van der Waals surface area contributed by atoms with Gasteiger partial charge in [-0.15, -0.1) is 0 Å². The van der Waals surface area contributed by atoms with Crippen LogP contribution in [0, 0.1) is 13.8 Å². The summed E-state index contributed by atoms with van der Waals surface area (Å²) in [5.74, 6) is -0.610. The molecular weight excluding hydrogens is 446 g/mol. The van der Waals surface area contributed by atoms with Crippen LogP contribution in [0.3, 0.4) is 0 Å². The highest BCUT2D eigenvalue weighted by Gasteiger charge is 2.32. The number of hydrazine groups is 1. The van der Waals surface area contributed by atoms with Gasteiger partial charge in [0, 0.05) is 18.7 Å². The van der Waals surface area contributed by atoms with Gasteiger partial charge in [-0.05, 0) is 63.1 Å². The van der Waals surface area contributed by atoms with Crippen molar-refractivity contribution < 1.29 is 27.5 Å². The molecule has 2 atom stereocenters. The molecule has 1 aliphatic rings. The summed E-state index contributed by atoms with van der Waals surface area (Å²) in [7, 11) is -3.80. The molecule has 1 heterocycles. The Labute approximate surface area is 194 Å². The summed E-state index contributed by atoms with van der Waals surface area (Å²) in [6, 6.07) is 11.3. The zero-order valence-electron chi connectivity index (χ0n) is 19.1. The second kappa shape index (κ2) is 10.3. The van der Waals surface area contributed by atoms with Crippen molar-refractivity contribution >= 4 is 21.8 Å². The molecule has 3 rings (SSSR count). The molecule has 0 spiro atoms. The molecule has 1 aliphatic heterocycles. The smallest absolute Gasteiger partial charge is 0.276 e. The minimum Gasteiger partial charge on any atom is -0.483 e. The van der Waals surface area contributed by atoms with E-state index in [1.807, 2.05) is 45.9 Å². The maximum Gasteiger partial charge on any atom is 0.276 e. The summed E-state index contributed by atoms with van der Waals surface area (Å²) in [4.78, 5) is 24.6. The minimum atomic E-state index is -3.80. The molecule has 9 nitrogen and oxygen atoms in total. The first-order valence-electron chi connectivity index (χ1n) is 10.6. The quantitative estimate of drug-likeness (QED) is 0.618. The molecule has 0 radical (unpaired) electrons. The van der Waals surface area contributed by atoms with Crippen molar-refractivity contribution in [2.45, 2.75) is 44.8 Å². The molecule has 33 heavy (non-hydrogen) atoms. The molecular formula is C23H29N3O6S. The van der Waals surface area contributed by atoms with Crippen LogP contribution in [-0.4, -0.2) is 56.4 Å². The maximum atomic E-state index is 13.0. The second-order valence-corrected chi connectivity index (χ2v) is 10.1. The summed E-state index contributed by atoms with van der Waals surface area (Å²) in [5, 5.41) is 0. The van der Waals surface area contributed by atoms with Crippen molar-refractivity contribution in [3.63, 3.8) is 0 Å². The standard InChI is InChI=1S/C23H29N3O6S/c1-15-8-9-16(2)21(10-15)31-14-22(27)24-25-23(28)19-6-5-7-20(11-19)33(29,30)26-12-17(3)32-18(4)13-26/h5-11,17-18H,12-14H2,1-4H3,(H,24,27)(H,25,28)/t17-,18+. The van der Waals surface area contributed by atoms with E-state index in [9.17, 15) is 18.0 Å². The molecule has 0 aliphatic carbocycles. The Kier molecular flexibility index (Phi) is 7.72. The number of ether oxygens (including phenoxy) is 2. The molecule has 2 aromatic carbocycles. The van der Waals surface area contributed by atoms with Gasteiger partial charge in [-0.3, -0.25) is 20.4 Å². The minimum absolute atomic E-state index is 0.000956. The molecule has 1 saturated heterocycles.